The molecule has 1 aromatic rings. The molecular formula is C12H12Cl2N2O3. The van der Waals surface area contributed by atoms with Gasteiger partial charge in [-0.2, -0.15) is 0 Å². The Balaban J connectivity index is 2.28. The van der Waals surface area contributed by atoms with Crippen LogP contribution in [0.15, 0.2) is 12.1 Å². The fourth-order valence-corrected chi connectivity index (χ4v) is 2.53. The predicted octanol–water partition coefficient (Wildman–Crippen LogP) is 2.38. The van der Waals surface area contributed by atoms with Crippen LogP contribution in [0.25, 0.3) is 0 Å². The van der Waals surface area contributed by atoms with Crippen LogP contribution in [-0.2, 0) is 4.79 Å². The number of aromatic carboxylic acids is 1. The van der Waals surface area contributed by atoms with E-state index in [1.54, 1.807) is 0 Å². The van der Waals surface area contributed by atoms with Gasteiger partial charge in [0.1, 0.15) is 0 Å². The number of carbonyl (C=O) groups is 2. The average molecular weight is 303 g/mol. The molecular weight excluding hydrogens is 291 g/mol. The number of carbonyl (C=O) groups excluding carboxylic acids is 1. The predicted molar refractivity (Wildman–Crippen MR) is 73.1 cm³/mol. The highest BCUT2D eigenvalue weighted by Gasteiger charge is 2.24. The molecule has 1 saturated heterocycles. The molecule has 0 bridgehead atoms. The molecule has 1 fully saturated rings. The number of carboxylic acids is 1. The maximum absolute atomic E-state index is 12.0. The van der Waals surface area contributed by atoms with E-state index in [9.17, 15) is 9.59 Å². The second kappa shape index (κ2) is 5.77. The summed E-state index contributed by atoms with van der Waals surface area (Å²) in [7, 11) is 0. The van der Waals surface area contributed by atoms with Crippen molar-refractivity contribution in [3.63, 3.8) is 0 Å². The molecule has 1 aliphatic rings. The summed E-state index contributed by atoms with van der Waals surface area (Å²) in [6.07, 6.45) is 1.64. The zero-order chi connectivity index (χ0) is 14.0. The minimum Gasteiger partial charge on any atom is -0.478 e. The SMILES string of the molecule is O=C(O)c1cc(Cl)cc(Cl)c1NC(=O)[C@H]1CCCN1. The number of halogens is 2. The molecule has 0 aromatic heterocycles. The van der Waals surface area contributed by atoms with Gasteiger partial charge in [-0.05, 0) is 31.5 Å². The van der Waals surface area contributed by atoms with Crippen molar-refractivity contribution in [2.75, 3.05) is 11.9 Å². The lowest BCUT2D eigenvalue weighted by atomic mass is 10.1. The Morgan fingerprint density at radius 3 is 2.68 bits per heavy atom. The third-order valence-electron chi connectivity index (χ3n) is 2.91. The Morgan fingerprint density at radius 2 is 2.11 bits per heavy atom. The summed E-state index contributed by atoms with van der Waals surface area (Å²) in [5, 5.41) is 15.0. The molecule has 3 N–H and O–H groups in total. The van der Waals surface area contributed by atoms with Crippen LogP contribution >= 0.6 is 23.2 Å². The first-order chi connectivity index (χ1) is 8.99. The summed E-state index contributed by atoms with van der Waals surface area (Å²) in [5.74, 6) is -1.48. The molecule has 0 spiro atoms. The maximum atomic E-state index is 12.0. The smallest absolute Gasteiger partial charge is 0.337 e. The number of hydrogen-bond donors (Lipinski definition) is 3. The fourth-order valence-electron chi connectivity index (χ4n) is 1.99. The van der Waals surface area contributed by atoms with Crippen LogP contribution in [0.2, 0.25) is 10.0 Å². The minimum absolute atomic E-state index is 0.0808. The van der Waals surface area contributed by atoms with E-state index in [0.717, 1.165) is 19.4 Å². The number of anilines is 1. The summed E-state index contributed by atoms with van der Waals surface area (Å²) >= 11 is 11.7. The van der Waals surface area contributed by atoms with Crippen LogP contribution in [-0.4, -0.2) is 29.6 Å². The van der Waals surface area contributed by atoms with Gasteiger partial charge >= 0.3 is 5.97 Å². The van der Waals surface area contributed by atoms with Gasteiger partial charge < -0.3 is 15.7 Å². The van der Waals surface area contributed by atoms with Gasteiger partial charge in [0.05, 0.1) is 22.3 Å². The summed E-state index contributed by atoms with van der Waals surface area (Å²) in [6.45, 7) is 0.776. The van der Waals surface area contributed by atoms with Crippen molar-refractivity contribution in [2.24, 2.45) is 0 Å². The molecule has 1 atom stereocenters. The third-order valence-corrected chi connectivity index (χ3v) is 3.43. The van der Waals surface area contributed by atoms with Crippen molar-refractivity contribution in [3.8, 4) is 0 Å². The van der Waals surface area contributed by atoms with Crippen LogP contribution in [0.4, 0.5) is 5.69 Å². The summed E-state index contributed by atoms with van der Waals surface area (Å²) in [4.78, 5) is 23.1. The van der Waals surface area contributed by atoms with Crippen molar-refractivity contribution in [2.45, 2.75) is 18.9 Å². The first-order valence-electron chi connectivity index (χ1n) is 5.75. The lowest BCUT2D eigenvalue weighted by Crippen LogP contribution is -2.36. The summed E-state index contributed by atoms with van der Waals surface area (Å²) < 4.78 is 0. The monoisotopic (exact) mass is 302 g/mol. The molecule has 7 heteroatoms. The Bertz CT molecular complexity index is 528. The van der Waals surface area contributed by atoms with Gasteiger partial charge in [0.2, 0.25) is 5.91 Å². The first kappa shape index (κ1) is 14.1. The van der Waals surface area contributed by atoms with E-state index in [1.165, 1.54) is 12.1 Å². The van der Waals surface area contributed by atoms with Gasteiger partial charge in [0.25, 0.3) is 0 Å². The number of rotatable bonds is 3. The van der Waals surface area contributed by atoms with Gasteiger partial charge in [-0.25, -0.2) is 4.79 Å². The number of amides is 1. The van der Waals surface area contributed by atoms with Gasteiger partial charge in [-0.1, -0.05) is 23.2 Å². The molecule has 19 heavy (non-hydrogen) atoms. The zero-order valence-electron chi connectivity index (χ0n) is 9.87. The summed E-state index contributed by atoms with van der Waals surface area (Å²) in [5.41, 5.74) is -0.0406. The molecule has 0 unspecified atom stereocenters. The molecule has 1 aromatic carbocycles. The molecule has 0 aliphatic carbocycles. The van der Waals surface area contributed by atoms with E-state index >= 15 is 0 Å². The van der Waals surface area contributed by atoms with Gasteiger partial charge in [-0.3, -0.25) is 4.79 Å². The van der Waals surface area contributed by atoms with Crippen molar-refractivity contribution < 1.29 is 14.7 Å². The lowest BCUT2D eigenvalue weighted by molar-refractivity contribution is -0.117. The van der Waals surface area contributed by atoms with E-state index < -0.39 is 5.97 Å². The molecule has 5 nitrogen and oxygen atoms in total. The van der Waals surface area contributed by atoms with Gasteiger partial charge in [-0.15, -0.1) is 0 Å². The Morgan fingerprint density at radius 1 is 1.37 bits per heavy atom. The second-order valence-electron chi connectivity index (χ2n) is 4.25. The normalized spacial score (nSPS) is 18.3. The van der Waals surface area contributed by atoms with E-state index in [4.69, 9.17) is 28.3 Å². The van der Waals surface area contributed by atoms with E-state index in [1.807, 2.05) is 0 Å². The van der Waals surface area contributed by atoms with Crippen molar-refractivity contribution >= 4 is 40.8 Å². The minimum atomic E-state index is -1.20. The quantitative estimate of drug-likeness (QED) is 0.801. The number of benzene rings is 1. The standard InChI is InChI=1S/C12H12Cl2N2O3/c13-6-4-7(12(18)19)10(8(14)5-6)16-11(17)9-2-1-3-15-9/h4-5,9,15H,1-3H2,(H,16,17)(H,18,19)/t9-/m1/s1. The molecule has 102 valence electrons. The molecule has 1 aliphatic heterocycles. The number of carboxylic acid groups (broad SMARTS) is 1. The van der Waals surface area contributed by atoms with Gasteiger partial charge in [0, 0.05) is 5.02 Å². The van der Waals surface area contributed by atoms with E-state index in [2.05, 4.69) is 10.6 Å². The molecule has 2 rings (SSSR count). The highest BCUT2D eigenvalue weighted by atomic mass is 35.5. The lowest BCUT2D eigenvalue weighted by Gasteiger charge is -2.14. The van der Waals surface area contributed by atoms with Crippen LogP contribution in [0.5, 0.6) is 0 Å². The maximum Gasteiger partial charge on any atom is 0.337 e. The third kappa shape index (κ3) is 3.18. The van der Waals surface area contributed by atoms with Crippen LogP contribution in [0.3, 0.4) is 0 Å². The summed E-state index contributed by atoms with van der Waals surface area (Å²) in [6, 6.07) is 2.34. The molecule has 1 amide bonds. The van der Waals surface area contributed by atoms with Crippen LogP contribution in [0, 0.1) is 0 Å². The largest absolute Gasteiger partial charge is 0.478 e. The zero-order valence-corrected chi connectivity index (χ0v) is 11.4. The highest BCUT2D eigenvalue weighted by molar-refractivity contribution is 6.37. The van der Waals surface area contributed by atoms with Crippen LogP contribution < -0.4 is 10.6 Å². The molecule has 1 heterocycles. The van der Waals surface area contributed by atoms with E-state index in [-0.39, 0.29) is 33.2 Å². The Kier molecular flexibility index (Phi) is 4.29. The second-order valence-corrected chi connectivity index (χ2v) is 5.10. The fraction of sp³-hybridized carbons (Fsp3) is 0.333. The van der Waals surface area contributed by atoms with Crippen molar-refractivity contribution in [1.82, 2.24) is 5.32 Å². The molecule has 0 saturated carbocycles. The van der Waals surface area contributed by atoms with Crippen molar-refractivity contribution in [3.05, 3.63) is 27.7 Å². The highest BCUT2D eigenvalue weighted by Crippen LogP contribution is 2.30. The topological polar surface area (TPSA) is 78.4 Å². The van der Waals surface area contributed by atoms with E-state index in [0.29, 0.717) is 0 Å². The first-order valence-corrected chi connectivity index (χ1v) is 6.51. The number of hydrogen-bond acceptors (Lipinski definition) is 3. The Hall–Kier alpha value is -1.30. The average Bonchev–Trinajstić information content (AvgIpc) is 2.85. The molecule has 0 radical (unpaired) electrons. The Labute approximate surface area is 119 Å². The van der Waals surface area contributed by atoms with Gasteiger partial charge in [0.15, 0.2) is 0 Å². The van der Waals surface area contributed by atoms with Crippen LogP contribution in [0.1, 0.15) is 23.2 Å². The number of nitrogens with one attached hydrogen (secondary N) is 2. The van der Waals surface area contributed by atoms with Crippen molar-refractivity contribution in [1.29, 1.82) is 0 Å².